The molecule has 0 saturated heterocycles. The van der Waals surface area contributed by atoms with E-state index in [1.165, 1.54) is 0 Å². The van der Waals surface area contributed by atoms with Crippen LogP contribution in [0.2, 0.25) is 0 Å². The number of hydrogen-bond donors (Lipinski definition) is 2. The monoisotopic (exact) mass is 460 g/mol. The van der Waals surface area contributed by atoms with Gasteiger partial charge in [-0.3, -0.25) is 9.78 Å². The Morgan fingerprint density at radius 2 is 1.74 bits per heavy atom. The first-order valence-corrected chi connectivity index (χ1v) is 11.2. The molecule has 2 aromatic carbocycles. The number of fused-ring (bicyclic) bond motifs is 1. The molecular formula is C27H32N4O3. The summed E-state index contributed by atoms with van der Waals surface area (Å²) in [6.45, 7) is 10.1. The molecule has 3 N–H and O–H groups in total. The number of carbonyl (C=O) groups excluding carboxylic acids is 2. The van der Waals surface area contributed by atoms with E-state index in [2.05, 4.69) is 15.5 Å². The minimum Gasteiger partial charge on any atom is -0.381 e. The van der Waals surface area contributed by atoms with Crippen LogP contribution in [0.1, 0.15) is 56.3 Å². The van der Waals surface area contributed by atoms with Crippen molar-refractivity contribution in [3.8, 4) is 0 Å². The topological polar surface area (TPSA) is 111 Å². The van der Waals surface area contributed by atoms with Crippen LogP contribution >= 0.6 is 0 Å². The Morgan fingerprint density at radius 1 is 1.06 bits per heavy atom. The zero-order valence-corrected chi connectivity index (χ0v) is 20.3. The molecule has 0 unspecified atom stereocenters. The third-order valence-electron chi connectivity index (χ3n) is 4.68. The second-order valence-electron chi connectivity index (χ2n) is 8.27. The second-order valence-corrected chi connectivity index (χ2v) is 8.27. The van der Waals surface area contributed by atoms with Crippen LogP contribution in [0.4, 0.5) is 11.5 Å². The van der Waals surface area contributed by atoms with Crippen molar-refractivity contribution in [3.05, 3.63) is 83.7 Å². The predicted octanol–water partition coefficient (Wildman–Crippen LogP) is 5.81. The summed E-state index contributed by atoms with van der Waals surface area (Å²) in [5.41, 5.74) is 8.20. The first kappa shape index (κ1) is 26.3. The van der Waals surface area contributed by atoms with Gasteiger partial charge in [-0.2, -0.15) is 0 Å². The number of hydrogen-bond acceptors (Lipinski definition) is 6. The first-order valence-electron chi connectivity index (χ1n) is 11.2. The smallest absolute Gasteiger partial charge is 0.257 e. The Morgan fingerprint density at radius 3 is 2.29 bits per heavy atom. The SMILES string of the molecule is CC.CC(C)(C)c1cc(N)no1.O=CCc1ccc(NC(=O)c2cccc3cccnc23)cc1. The van der Waals surface area contributed by atoms with Gasteiger partial charge in [0.05, 0.1) is 11.1 Å². The Labute approximate surface area is 200 Å². The molecule has 4 aromatic rings. The van der Waals surface area contributed by atoms with Crippen LogP contribution in [0.15, 0.2) is 71.4 Å². The van der Waals surface area contributed by atoms with Gasteiger partial charge in [0.25, 0.3) is 5.91 Å². The number of nitrogens with two attached hydrogens (primary N) is 1. The zero-order chi connectivity index (χ0) is 25.1. The normalized spacial score (nSPS) is 10.4. The minimum absolute atomic E-state index is 0.00458. The van der Waals surface area contributed by atoms with Crippen molar-refractivity contribution in [1.29, 1.82) is 0 Å². The van der Waals surface area contributed by atoms with E-state index in [0.29, 0.717) is 29.0 Å². The van der Waals surface area contributed by atoms with Crippen molar-refractivity contribution >= 4 is 34.6 Å². The van der Waals surface area contributed by atoms with Gasteiger partial charge in [0.2, 0.25) is 0 Å². The van der Waals surface area contributed by atoms with Gasteiger partial charge in [-0.05, 0) is 29.8 Å². The van der Waals surface area contributed by atoms with E-state index in [9.17, 15) is 9.59 Å². The number of nitrogens with zero attached hydrogens (tertiary/aromatic N) is 2. The fourth-order valence-electron chi connectivity index (χ4n) is 2.95. The summed E-state index contributed by atoms with van der Waals surface area (Å²) in [6, 6.07) is 18.3. The molecule has 0 spiro atoms. The molecule has 0 atom stereocenters. The molecule has 0 aliphatic heterocycles. The molecule has 4 rings (SSSR count). The summed E-state index contributed by atoms with van der Waals surface area (Å²) >= 11 is 0. The van der Waals surface area contributed by atoms with Crippen molar-refractivity contribution in [2.24, 2.45) is 0 Å². The van der Waals surface area contributed by atoms with Crippen molar-refractivity contribution in [1.82, 2.24) is 10.1 Å². The molecule has 0 aliphatic rings. The average Bonchev–Trinajstić information content (AvgIpc) is 3.29. The van der Waals surface area contributed by atoms with Crippen LogP contribution in [0, 0.1) is 0 Å². The van der Waals surface area contributed by atoms with Gasteiger partial charge < -0.3 is 20.4 Å². The van der Waals surface area contributed by atoms with Gasteiger partial charge in [0.1, 0.15) is 12.0 Å². The molecule has 0 bridgehead atoms. The molecular weight excluding hydrogens is 428 g/mol. The van der Waals surface area contributed by atoms with Crippen molar-refractivity contribution in [2.45, 2.75) is 46.5 Å². The van der Waals surface area contributed by atoms with E-state index in [1.807, 2.05) is 71.0 Å². The van der Waals surface area contributed by atoms with Gasteiger partial charge in [0, 0.05) is 35.2 Å². The summed E-state index contributed by atoms with van der Waals surface area (Å²) in [5, 5.41) is 7.37. The summed E-state index contributed by atoms with van der Waals surface area (Å²) in [4.78, 5) is 27.2. The molecule has 7 nitrogen and oxygen atoms in total. The quantitative estimate of drug-likeness (QED) is 0.372. The Hall–Kier alpha value is -4.00. The van der Waals surface area contributed by atoms with Crippen LogP contribution in [0.5, 0.6) is 0 Å². The van der Waals surface area contributed by atoms with Gasteiger partial charge in [-0.1, -0.05) is 70.1 Å². The van der Waals surface area contributed by atoms with Gasteiger partial charge in [-0.15, -0.1) is 0 Å². The lowest BCUT2D eigenvalue weighted by atomic mass is 9.93. The average molecular weight is 461 g/mol. The molecule has 2 aromatic heterocycles. The summed E-state index contributed by atoms with van der Waals surface area (Å²) in [5.74, 6) is 1.07. The lowest BCUT2D eigenvalue weighted by Gasteiger charge is -2.11. The number of para-hydroxylation sites is 1. The largest absolute Gasteiger partial charge is 0.381 e. The van der Waals surface area contributed by atoms with Crippen molar-refractivity contribution in [2.75, 3.05) is 11.1 Å². The summed E-state index contributed by atoms with van der Waals surface area (Å²) in [6.07, 6.45) is 2.91. The van der Waals surface area contributed by atoms with E-state index in [4.69, 9.17) is 10.3 Å². The molecule has 0 aliphatic carbocycles. The van der Waals surface area contributed by atoms with Gasteiger partial charge in [-0.25, -0.2) is 0 Å². The van der Waals surface area contributed by atoms with E-state index >= 15 is 0 Å². The standard InChI is InChI=1S/C18H14N2O2.C7H12N2O.C2H6/c21-12-10-13-6-8-15(9-7-13)20-18(22)16-5-1-3-14-4-2-11-19-17(14)16;1-7(2,3)5-4-6(8)9-10-5;1-2/h1-9,11-12H,10H2,(H,20,22);4H,1-3H3,(H2,8,9);1-2H3. The predicted molar refractivity (Wildman–Crippen MR) is 137 cm³/mol. The number of anilines is 2. The number of nitrogen functional groups attached to an aromatic ring is 1. The number of aromatic nitrogens is 2. The molecule has 178 valence electrons. The highest BCUT2D eigenvalue weighted by atomic mass is 16.5. The summed E-state index contributed by atoms with van der Waals surface area (Å²) < 4.78 is 4.95. The molecule has 0 radical (unpaired) electrons. The Kier molecular flexibility index (Phi) is 9.49. The number of aldehydes is 1. The molecule has 7 heteroatoms. The second kappa shape index (κ2) is 12.3. The lowest BCUT2D eigenvalue weighted by molar-refractivity contribution is -0.107. The number of amides is 1. The number of nitrogens with one attached hydrogen (secondary N) is 1. The maximum atomic E-state index is 12.4. The molecule has 0 saturated carbocycles. The number of pyridine rings is 1. The number of rotatable bonds is 4. The number of benzene rings is 2. The van der Waals surface area contributed by atoms with E-state index < -0.39 is 0 Å². The first-order chi connectivity index (χ1) is 16.3. The summed E-state index contributed by atoms with van der Waals surface area (Å²) in [7, 11) is 0. The maximum Gasteiger partial charge on any atom is 0.257 e. The fourth-order valence-corrected chi connectivity index (χ4v) is 2.95. The molecule has 0 fully saturated rings. The maximum absolute atomic E-state index is 12.4. The highest BCUT2D eigenvalue weighted by Gasteiger charge is 2.18. The van der Waals surface area contributed by atoms with Crippen molar-refractivity contribution < 1.29 is 14.1 Å². The van der Waals surface area contributed by atoms with E-state index in [1.54, 1.807) is 30.5 Å². The fraction of sp³-hybridized carbons (Fsp3) is 0.259. The third kappa shape index (κ3) is 7.27. The van der Waals surface area contributed by atoms with Crippen LogP contribution in [0.25, 0.3) is 10.9 Å². The van der Waals surface area contributed by atoms with Crippen molar-refractivity contribution in [3.63, 3.8) is 0 Å². The Bertz CT molecular complexity index is 1200. The van der Waals surface area contributed by atoms with E-state index in [0.717, 1.165) is 23.0 Å². The molecule has 2 heterocycles. The number of carbonyl (C=O) groups is 2. The molecule has 1 amide bonds. The van der Waals surface area contributed by atoms with E-state index in [-0.39, 0.29) is 11.3 Å². The van der Waals surface area contributed by atoms with Gasteiger partial charge >= 0.3 is 0 Å². The third-order valence-corrected chi connectivity index (χ3v) is 4.68. The van der Waals surface area contributed by atoms with Gasteiger partial charge in [0.15, 0.2) is 5.82 Å². The minimum atomic E-state index is -0.201. The Balaban J connectivity index is 0.000000286. The van der Waals surface area contributed by atoms with Crippen LogP contribution in [-0.4, -0.2) is 22.3 Å². The highest BCUT2D eigenvalue weighted by molar-refractivity contribution is 6.11. The lowest BCUT2D eigenvalue weighted by Crippen LogP contribution is -2.12. The van der Waals surface area contributed by atoms with Crippen LogP contribution in [0.3, 0.4) is 0 Å². The van der Waals surface area contributed by atoms with Crippen LogP contribution < -0.4 is 11.1 Å². The highest BCUT2D eigenvalue weighted by Crippen LogP contribution is 2.23. The zero-order valence-electron chi connectivity index (χ0n) is 20.3. The van der Waals surface area contributed by atoms with Crippen LogP contribution in [-0.2, 0) is 16.6 Å². The molecule has 34 heavy (non-hydrogen) atoms.